The predicted octanol–water partition coefficient (Wildman–Crippen LogP) is 3.14. The van der Waals surface area contributed by atoms with E-state index in [0.29, 0.717) is 24.3 Å². The number of carbonyl (C=O) groups excluding carboxylic acids is 4. The summed E-state index contributed by atoms with van der Waals surface area (Å²) in [6.07, 6.45) is 1.53. The van der Waals surface area contributed by atoms with Crippen molar-refractivity contribution in [1.82, 2.24) is 10.2 Å². The van der Waals surface area contributed by atoms with Crippen LogP contribution in [0.2, 0.25) is 5.02 Å². The number of likely N-dealkylation sites (N-methyl/N-ethyl adjacent to an activating group) is 1. The Labute approximate surface area is 279 Å². The number of aliphatic hydroxyl groups is 1. The predicted molar refractivity (Wildman–Crippen MR) is 172 cm³/mol. The summed E-state index contributed by atoms with van der Waals surface area (Å²) in [5.41, 5.74) is -0.866. The van der Waals surface area contributed by atoms with Gasteiger partial charge in [0, 0.05) is 33.5 Å². The summed E-state index contributed by atoms with van der Waals surface area (Å²) in [4.78, 5) is 53.7. The number of hydrogen-bond donors (Lipinski definition) is 2. The minimum absolute atomic E-state index is 0.0429. The van der Waals surface area contributed by atoms with Crippen LogP contribution in [-0.4, -0.2) is 104 Å². The molecule has 0 aliphatic carbocycles. The summed E-state index contributed by atoms with van der Waals surface area (Å²) in [5.74, 6) is -1.30. The molecule has 2 fully saturated rings. The third-order valence-electron chi connectivity index (χ3n) is 9.33. The maximum Gasteiger partial charge on any atom is 0.409 e. The summed E-state index contributed by atoms with van der Waals surface area (Å²) < 4.78 is 28.8. The SMILES string of the molecule is COc1cc2cc(c1Cl)N(C)C(=O)CC(OC(=O)C(C)N(C)C=O)C1(C)OC1[C@@H](C)C1CC(O)(NC(=O)O1)C(OC)/C=C/C=C(\C)C2. The second kappa shape index (κ2) is 14.2. The lowest BCUT2D eigenvalue weighted by molar-refractivity contribution is -0.160. The molecule has 0 radical (unpaired) electrons. The van der Waals surface area contributed by atoms with E-state index in [4.69, 9.17) is 35.3 Å². The zero-order chi connectivity index (χ0) is 34.8. The number of benzene rings is 1. The van der Waals surface area contributed by atoms with Crippen molar-refractivity contribution in [2.75, 3.05) is 33.2 Å². The van der Waals surface area contributed by atoms with Gasteiger partial charge in [0.1, 0.15) is 40.7 Å². The van der Waals surface area contributed by atoms with Crippen molar-refractivity contribution in [3.05, 3.63) is 46.5 Å². The number of anilines is 1. The lowest BCUT2D eigenvalue weighted by atomic mass is 9.83. The van der Waals surface area contributed by atoms with Crippen LogP contribution in [-0.2, 0) is 39.8 Å². The second-order valence-corrected chi connectivity index (χ2v) is 13.0. The lowest BCUT2D eigenvalue weighted by Gasteiger charge is -2.42. The number of methoxy groups -OCH3 is 2. The fourth-order valence-corrected chi connectivity index (χ4v) is 6.41. The van der Waals surface area contributed by atoms with Crippen molar-refractivity contribution in [1.29, 1.82) is 0 Å². The van der Waals surface area contributed by atoms with Crippen molar-refractivity contribution in [2.45, 2.75) is 88.7 Å². The number of ether oxygens (including phenoxy) is 5. The highest BCUT2D eigenvalue weighted by molar-refractivity contribution is 6.35. The molecule has 47 heavy (non-hydrogen) atoms. The quantitative estimate of drug-likeness (QED) is 0.261. The monoisotopic (exact) mass is 677 g/mol. The normalized spacial score (nSPS) is 33.6. The molecule has 258 valence electrons. The van der Waals surface area contributed by atoms with Crippen LogP contribution in [0, 0.1) is 5.92 Å². The first-order valence-electron chi connectivity index (χ1n) is 15.3. The molecule has 2 saturated heterocycles. The van der Waals surface area contributed by atoms with Crippen molar-refractivity contribution < 1.29 is 48.0 Å². The number of hydrogen-bond acceptors (Lipinski definition) is 10. The molecule has 7 unspecified atom stereocenters. The van der Waals surface area contributed by atoms with Crippen LogP contribution in [0.4, 0.5) is 10.5 Å². The van der Waals surface area contributed by atoms with E-state index in [0.717, 1.165) is 16.0 Å². The molecule has 3 aliphatic heterocycles. The standard InChI is InChI=1S/C33H44ClN3O10/c1-18-10-9-11-25(44-8)33(42)16-24(45-31(41)35-33)19(2)29-32(4,47-29)26(46-30(40)20(3)36(5)17-38)15-27(39)37(6)22-13-21(12-18)14-23(43-7)28(22)34/h9-11,13-14,17,19-20,24-26,29,42H,12,15-16H2,1-8H3,(H,35,41)/b11-9+,18-10+/t19-,20?,24?,25?,26?,29?,32?,33?/m0/s1. The van der Waals surface area contributed by atoms with Crippen molar-refractivity contribution in [2.24, 2.45) is 5.92 Å². The first-order chi connectivity index (χ1) is 22.1. The Morgan fingerprint density at radius 1 is 1.30 bits per heavy atom. The summed E-state index contributed by atoms with van der Waals surface area (Å²) in [6.45, 7) is 6.92. The molecule has 0 saturated carbocycles. The zero-order valence-corrected chi connectivity index (χ0v) is 28.7. The van der Waals surface area contributed by atoms with Gasteiger partial charge < -0.3 is 38.6 Å². The van der Waals surface area contributed by atoms with Crippen molar-refractivity contribution in [3.8, 4) is 5.75 Å². The molecule has 3 amide bonds. The third kappa shape index (κ3) is 7.58. The van der Waals surface area contributed by atoms with Gasteiger partial charge in [-0.25, -0.2) is 9.59 Å². The molecule has 4 rings (SSSR count). The Balaban J connectivity index is 1.80. The Kier molecular flexibility index (Phi) is 11.0. The Morgan fingerprint density at radius 2 is 2.00 bits per heavy atom. The van der Waals surface area contributed by atoms with Gasteiger partial charge >= 0.3 is 12.1 Å². The number of amides is 3. The van der Waals surface area contributed by atoms with E-state index in [2.05, 4.69) is 5.32 Å². The minimum atomic E-state index is -1.81. The average molecular weight is 678 g/mol. The zero-order valence-electron chi connectivity index (χ0n) is 27.9. The van der Waals surface area contributed by atoms with Gasteiger partial charge in [0.25, 0.3) is 0 Å². The van der Waals surface area contributed by atoms with E-state index in [1.165, 1.54) is 33.1 Å². The Bertz CT molecular complexity index is 1450. The first-order valence-corrected chi connectivity index (χ1v) is 15.7. The molecular weight excluding hydrogens is 634 g/mol. The first kappa shape index (κ1) is 36.2. The molecule has 0 aromatic heterocycles. The number of nitrogens with zero attached hydrogens (tertiary/aromatic N) is 2. The molecule has 14 heteroatoms. The van der Waals surface area contributed by atoms with Gasteiger partial charge in [-0.05, 0) is 44.9 Å². The van der Waals surface area contributed by atoms with Crippen LogP contribution in [0.25, 0.3) is 0 Å². The molecular formula is C33H44ClN3O10. The van der Waals surface area contributed by atoms with Crippen LogP contribution in [0.3, 0.4) is 0 Å². The van der Waals surface area contributed by atoms with Crippen LogP contribution in [0.1, 0.15) is 46.1 Å². The van der Waals surface area contributed by atoms with E-state index in [1.807, 2.05) is 13.0 Å². The Morgan fingerprint density at radius 3 is 2.64 bits per heavy atom. The number of nitrogens with one attached hydrogen (secondary N) is 1. The van der Waals surface area contributed by atoms with Crippen LogP contribution in [0.15, 0.2) is 35.9 Å². The maximum absolute atomic E-state index is 13.9. The van der Waals surface area contributed by atoms with E-state index < -0.39 is 65.7 Å². The van der Waals surface area contributed by atoms with Gasteiger partial charge in [-0.1, -0.05) is 42.3 Å². The lowest BCUT2D eigenvalue weighted by Crippen LogP contribution is -2.63. The number of rotatable bonds is 6. The fourth-order valence-electron chi connectivity index (χ4n) is 6.10. The molecule has 3 aliphatic rings. The molecule has 1 aromatic carbocycles. The summed E-state index contributed by atoms with van der Waals surface area (Å²) in [5, 5.41) is 14.4. The fraction of sp³-hybridized carbons (Fsp3) is 0.576. The minimum Gasteiger partial charge on any atom is -0.495 e. The van der Waals surface area contributed by atoms with Gasteiger partial charge in [0.2, 0.25) is 12.3 Å². The number of alkyl carbamates (subject to hydrolysis) is 1. The van der Waals surface area contributed by atoms with Gasteiger partial charge in [0.05, 0.1) is 25.3 Å². The number of fused-ring (bicyclic) bond motifs is 5. The Hall–Kier alpha value is -3.65. The van der Waals surface area contributed by atoms with E-state index in [-0.39, 0.29) is 17.9 Å². The molecule has 8 atom stereocenters. The number of esters is 1. The van der Waals surface area contributed by atoms with E-state index in [1.54, 1.807) is 45.2 Å². The number of allylic oxidation sites excluding steroid dienone is 3. The van der Waals surface area contributed by atoms with Crippen molar-refractivity contribution in [3.63, 3.8) is 0 Å². The molecule has 2 N–H and O–H groups in total. The van der Waals surface area contributed by atoms with Gasteiger partial charge in [-0.2, -0.15) is 0 Å². The molecule has 3 heterocycles. The smallest absolute Gasteiger partial charge is 0.409 e. The van der Waals surface area contributed by atoms with E-state index in [9.17, 15) is 24.3 Å². The third-order valence-corrected chi connectivity index (χ3v) is 9.71. The van der Waals surface area contributed by atoms with Gasteiger partial charge in [-0.3, -0.25) is 14.9 Å². The second-order valence-electron chi connectivity index (χ2n) is 12.7. The number of carbonyl (C=O) groups is 4. The van der Waals surface area contributed by atoms with Crippen LogP contribution >= 0.6 is 11.6 Å². The largest absolute Gasteiger partial charge is 0.495 e. The molecule has 13 nitrogen and oxygen atoms in total. The highest BCUT2D eigenvalue weighted by atomic mass is 35.5. The van der Waals surface area contributed by atoms with Gasteiger partial charge in [-0.15, -0.1) is 0 Å². The van der Waals surface area contributed by atoms with Crippen LogP contribution in [0.5, 0.6) is 5.75 Å². The van der Waals surface area contributed by atoms with E-state index >= 15 is 0 Å². The van der Waals surface area contributed by atoms with Gasteiger partial charge in [0.15, 0.2) is 5.72 Å². The number of epoxide rings is 1. The molecule has 4 bridgehead atoms. The molecule has 0 spiro atoms. The topological polar surface area (TPSA) is 156 Å². The maximum atomic E-state index is 13.9. The van der Waals surface area contributed by atoms with Crippen LogP contribution < -0.4 is 15.0 Å². The average Bonchev–Trinajstić information content (AvgIpc) is 3.73. The molecule has 1 aromatic rings. The summed E-state index contributed by atoms with van der Waals surface area (Å²) in [7, 11) is 5.92. The van der Waals surface area contributed by atoms with Crippen molar-refractivity contribution >= 4 is 41.7 Å². The summed E-state index contributed by atoms with van der Waals surface area (Å²) in [6, 6.07) is 2.63. The summed E-state index contributed by atoms with van der Waals surface area (Å²) >= 11 is 6.69. The highest BCUT2D eigenvalue weighted by Crippen LogP contribution is 2.49. The highest BCUT2D eigenvalue weighted by Gasteiger charge is 2.64. The number of halogens is 1.